The van der Waals surface area contributed by atoms with Gasteiger partial charge in [-0.15, -0.1) is 0 Å². The number of hydrogen-bond acceptors (Lipinski definition) is 3. The third-order valence-corrected chi connectivity index (χ3v) is 5.16. The quantitative estimate of drug-likeness (QED) is 0.758. The summed E-state index contributed by atoms with van der Waals surface area (Å²) in [6.45, 7) is 15.3. The van der Waals surface area contributed by atoms with E-state index in [1.54, 1.807) is 0 Å². The van der Waals surface area contributed by atoms with Crippen LogP contribution in [0.1, 0.15) is 27.7 Å². The number of carbonyl (C=O) groups is 1. The predicted octanol–water partition coefficient (Wildman–Crippen LogP) is 0.879. The lowest BCUT2D eigenvalue weighted by molar-refractivity contribution is -0.170. The molecule has 0 aromatic rings. The van der Waals surface area contributed by atoms with E-state index in [0.29, 0.717) is 23.4 Å². The summed E-state index contributed by atoms with van der Waals surface area (Å²) in [5.74, 6) is 0.687. The molecule has 3 aliphatic rings. The van der Waals surface area contributed by atoms with Crippen molar-refractivity contribution in [2.45, 2.75) is 39.8 Å². The lowest BCUT2D eigenvalue weighted by Gasteiger charge is -2.62. The summed E-state index contributed by atoms with van der Waals surface area (Å²) in [6.07, 6.45) is 0. The van der Waals surface area contributed by atoms with E-state index in [2.05, 4.69) is 42.4 Å². The fraction of sp³-hybridized carbons (Fsp3) is 0.933. The van der Waals surface area contributed by atoms with Gasteiger partial charge in [0.15, 0.2) is 0 Å². The van der Waals surface area contributed by atoms with Crippen molar-refractivity contribution in [3.8, 4) is 0 Å². The Labute approximate surface area is 116 Å². The third kappa shape index (κ3) is 2.19. The molecule has 19 heavy (non-hydrogen) atoms. The van der Waals surface area contributed by atoms with Crippen LogP contribution >= 0.6 is 0 Å². The highest BCUT2D eigenvalue weighted by Crippen LogP contribution is 2.41. The molecule has 0 aromatic heterocycles. The number of carbonyl (C=O) groups excluding carboxylic acids is 1. The molecule has 0 aliphatic carbocycles. The zero-order valence-electron chi connectivity index (χ0n) is 12.7. The molecular weight excluding hydrogens is 238 g/mol. The Bertz CT molecular complexity index is 360. The van der Waals surface area contributed by atoms with Gasteiger partial charge in [-0.1, -0.05) is 0 Å². The van der Waals surface area contributed by atoms with Crippen LogP contribution in [-0.2, 0) is 4.79 Å². The van der Waals surface area contributed by atoms with Crippen LogP contribution in [0, 0.1) is 11.3 Å². The number of hydrogen-bond donors (Lipinski definition) is 0. The van der Waals surface area contributed by atoms with Gasteiger partial charge in [0.2, 0.25) is 5.91 Å². The normalized spacial score (nSPS) is 27.6. The predicted molar refractivity (Wildman–Crippen MR) is 75.9 cm³/mol. The van der Waals surface area contributed by atoms with Crippen molar-refractivity contribution in [3.63, 3.8) is 0 Å². The summed E-state index contributed by atoms with van der Waals surface area (Å²) in [6, 6.07) is 1.24. The molecule has 3 heterocycles. The van der Waals surface area contributed by atoms with Crippen LogP contribution in [0.3, 0.4) is 0 Å². The number of nitrogens with zero attached hydrogens (tertiary/aromatic N) is 3. The first-order valence-corrected chi connectivity index (χ1v) is 7.67. The number of rotatable bonds is 3. The maximum absolute atomic E-state index is 12.3. The Balaban J connectivity index is 1.41. The molecule has 0 aromatic carbocycles. The van der Waals surface area contributed by atoms with Gasteiger partial charge in [-0.3, -0.25) is 14.6 Å². The highest BCUT2D eigenvalue weighted by Gasteiger charge is 2.54. The molecule has 108 valence electrons. The van der Waals surface area contributed by atoms with Crippen molar-refractivity contribution in [1.82, 2.24) is 14.7 Å². The Morgan fingerprint density at radius 2 is 1.47 bits per heavy atom. The van der Waals surface area contributed by atoms with Crippen LogP contribution in [0.15, 0.2) is 0 Å². The summed E-state index contributed by atoms with van der Waals surface area (Å²) in [4.78, 5) is 19.3. The minimum absolute atomic E-state index is 0.279. The van der Waals surface area contributed by atoms with E-state index in [4.69, 9.17) is 0 Å². The Morgan fingerprint density at radius 1 is 0.947 bits per heavy atom. The minimum Gasteiger partial charge on any atom is -0.341 e. The Morgan fingerprint density at radius 3 is 1.95 bits per heavy atom. The van der Waals surface area contributed by atoms with Crippen LogP contribution in [0.4, 0.5) is 0 Å². The molecule has 3 saturated heterocycles. The first-order chi connectivity index (χ1) is 8.90. The van der Waals surface area contributed by atoms with E-state index in [-0.39, 0.29) is 5.92 Å². The summed E-state index contributed by atoms with van der Waals surface area (Å²) in [5, 5.41) is 0. The smallest absolute Gasteiger partial charge is 0.228 e. The van der Waals surface area contributed by atoms with Gasteiger partial charge in [0.05, 0.1) is 5.92 Å². The monoisotopic (exact) mass is 265 g/mol. The van der Waals surface area contributed by atoms with E-state index in [1.807, 2.05) is 0 Å². The van der Waals surface area contributed by atoms with Gasteiger partial charge in [0.1, 0.15) is 0 Å². The lowest BCUT2D eigenvalue weighted by atomic mass is 9.71. The van der Waals surface area contributed by atoms with Crippen molar-refractivity contribution in [1.29, 1.82) is 0 Å². The Kier molecular flexibility index (Phi) is 3.13. The molecule has 4 nitrogen and oxygen atoms in total. The molecule has 0 unspecified atom stereocenters. The number of likely N-dealkylation sites (tertiary alicyclic amines) is 3. The highest BCUT2D eigenvalue weighted by molar-refractivity contribution is 5.81. The van der Waals surface area contributed by atoms with Crippen LogP contribution in [0.25, 0.3) is 0 Å². The molecule has 0 N–H and O–H groups in total. The molecule has 3 fully saturated rings. The van der Waals surface area contributed by atoms with Crippen LogP contribution < -0.4 is 0 Å². The first kappa shape index (κ1) is 13.4. The zero-order chi connectivity index (χ0) is 13.8. The van der Waals surface area contributed by atoms with Crippen LogP contribution in [0.2, 0.25) is 0 Å². The largest absolute Gasteiger partial charge is 0.341 e. The van der Waals surface area contributed by atoms with Crippen LogP contribution in [-0.4, -0.2) is 72.0 Å². The van der Waals surface area contributed by atoms with Gasteiger partial charge in [0, 0.05) is 56.8 Å². The second-order valence-corrected chi connectivity index (χ2v) is 7.44. The van der Waals surface area contributed by atoms with E-state index < -0.39 is 0 Å². The first-order valence-electron chi connectivity index (χ1n) is 7.67. The van der Waals surface area contributed by atoms with Crippen molar-refractivity contribution in [2.75, 3.05) is 39.3 Å². The average molecular weight is 265 g/mol. The van der Waals surface area contributed by atoms with Gasteiger partial charge in [0.25, 0.3) is 0 Å². The van der Waals surface area contributed by atoms with Gasteiger partial charge in [-0.05, 0) is 27.7 Å². The molecule has 0 radical (unpaired) electrons. The summed E-state index contributed by atoms with van der Waals surface area (Å²) in [7, 11) is 0. The van der Waals surface area contributed by atoms with Gasteiger partial charge >= 0.3 is 0 Å². The number of amides is 1. The topological polar surface area (TPSA) is 26.8 Å². The molecule has 4 heteroatoms. The van der Waals surface area contributed by atoms with Crippen molar-refractivity contribution < 1.29 is 4.79 Å². The molecule has 3 rings (SSSR count). The van der Waals surface area contributed by atoms with E-state index in [0.717, 1.165) is 26.2 Å². The van der Waals surface area contributed by atoms with E-state index >= 15 is 0 Å². The molecule has 0 atom stereocenters. The molecule has 3 aliphatic heterocycles. The standard InChI is InChI=1S/C15H27N3O/c1-11(2)16-5-13(6-16)14(19)18-9-15(10-18)7-17(8-15)12(3)4/h11-13H,5-10H2,1-4H3. The molecule has 0 bridgehead atoms. The van der Waals surface area contributed by atoms with Crippen molar-refractivity contribution >= 4 is 5.91 Å². The summed E-state index contributed by atoms with van der Waals surface area (Å²) < 4.78 is 0. The zero-order valence-corrected chi connectivity index (χ0v) is 12.7. The third-order valence-electron chi connectivity index (χ3n) is 5.16. The second-order valence-electron chi connectivity index (χ2n) is 7.44. The van der Waals surface area contributed by atoms with Crippen molar-refractivity contribution in [3.05, 3.63) is 0 Å². The lowest BCUT2D eigenvalue weighted by Crippen LogP contribution is -2.75. The molecule has 1 spiro atoms. The maximum atomic E-state index is 12.3. The molecule has 1 amide bonds. The van der Waals surface area contributed by atoms with E-state index in [9.17, 15) is 4.79 Å². The minimum atomic E-state index is 0.279. The van der Waals surface area contributed by atoms with Crippen molar-refractivity contribution in [2.24, 2.45) is 11.3 Å². The summed E-state index contributed by atoms with van der Waals surface area (Å²) in [5.41, 5.74) is 0.460. The maximum Gasteiger partial charge on any atom is 0.228 e. The average Bonchev–Trinajstić information content (AvgIpc) is 2.08. The summed E-state index contributed by atoms with van der Waals surface area (Å²) >= 11 is 0. The van der Waals surface area contributed by atoms with Crippen LogP contribution in [0.5, 0.6) is 0 Å². The van der Waals surface area contributed by atoms with Gasteiger partial charge < -0.3 is 4.90 Å². The van der Waals surface area contributed by atoms with Gasteiger partial charge in [-0.2, -0.15) is 0 Å². The van der Waals surface area contributed by atoms with Gasteiger partial charge in [-0.25, -0.2) is 0 Å². The molecule has 0 saturated carbocycles. The SMILES string of the molecule is CC(C)N1CC(C(=O)N2CC3(C2)CN(C(C)C)C3)C1. The molecular formula is C15H27N3O. The van der Waals surface area contributed by atoms with E-state index in [1.165, 1.54) is 13.1 Å². The fourth-order valence-corrected chi connectivity index (χ4v) is 3.65. The highest BCUT2D eigenvalue weighted by atomic mass is 16.2. The fourth-order valence-electron chi connectivity index (χ4n) is 3.65. The Hall–Kier alpha value is -0.610. The second kappa shape index (κ2) is 4.45.